The molecule has 1 aromatic carbocycles. The summed E-state index contributed by atoms with van der Waals surface area (Å²) in [5.41, 5.74) is 1.03. The van der Waals surface area contributed by atoms with E-state index in [0.717, 1.165) is 0 Å². The molecule has 2 aromatic rings. The van der Waals surface area contributed by atoms with Gasteiger partial charge in [0.05, 0.1) is 44.9 Å². The Morgan fingerprint density at radius 1 is 1.03 bits per heavy atom. The number of unbranched alkanes of at least 4 members (excludes halogenated alkanes) is 1. The van der Waals surface area contributed by atoms with Crippen molar-refractivity contribution >= 4 is 30.2 Å². The number of para-hydroxylation sites is 1. The maximum absolute atomic E-state index is 12.5. The van der Waals surface area contributed by atoms with Crippen LogP contribution in [0, 0.1) is 0 Å². The Kier molecular flexibility index (Phi) is 11.8. The summed E-state index contributed by atoms with van der Waals surface area (Å²) in [7, 11) is 3.06. The normalized spacial score (nSPS) is 10.3. The van der Waals surface area contributed by atoms with Crippen LogP contribution in [0.4, 0.5) is 0 Å². The molecule has 0 bridgehead atoms. The highest BCUT2D eigenvalue weighted by atomic mass is 35.5. The van der Waals surface area contributed by atoms with Gasteiger partial charge in [-0.1, -0.05) is 12.1 Å². The predicted octanol–water partition coefficient (Wildman–Crippen LogP) is 4.53. The molecule has 0 aliphatic rings. The SMILES string of the molecule is CCOC(=O)CCCCOc1cc(C=CC(=O)c2ccccc2OC)ncc1OC.Cl. The van der Waals surface area contributed by atoms with Crippen LogP contribution in [-0.2, 0) is 9.53 Å². The number of methoxy groups -OCH3 is 2. The molecule has 0 spiro atoms. The lowest BCUT2D eigenvalue weighted by Crippen LogP contribution is -2.05. The topological polar surface area (TPSA) is 84.0 Å². The average Bonchev–Trinajstić information content (AvgIpc) is 2.77. The van der Waals surface area contributed by atoms with Crippen molar-refractivity contribution in [2.75, 3.05) is 27.4 Å². The van der Waals surface area contributed by atoms with E-state index in [1.807, 2.05) is 0 Å². The molecule has 31 heavy (non-hydrogen) atoms. The van der Waals surface area contributed by atoms with Gasteiger partial charge in [0.25, 0.3) is 0 Å². The fraction of sp³-hybridized carbons (Fsp3) is 0.348. The number of pyridine rings is 1. The summed E-state index contributed by atoms with van der Waals surface area (Å²) in [6, 6.07) is 8.73. The zero-order valence-electron chi connectivity index (χ0n) is 18.0. The van der Waals surface area contributed by atoms with E-state index < -0.39 is 0 Å². The highest BCUT2D eigenvalue weighted by Crippen LogP contribution is 2.27. The molecule has 0 saturated carbocycles. The molecule has 0 aliphatic heterocycles. The van der Waals surface area contributed by atoms with Crippen LogP contribution >= 0.6 is 12.4 Å². The number of ether oxygens (including phenoxy) is 4. The standard InChI is InChI=1S/C23H27NO6.ClH/c1-4-29-23(26)11-7-8-14-30-21-15-17(24-16-22(21)28-3)12-13-19(25)18-9-5-6-10-20(18)27-2;/h5-6,9-10,12-13,15-16H,4,7-8,11,14H2,1-3H3;1H. The molecule has 1 aromatic heterocycles. The Labute approximate surface area is 188 Å². The molecule has 0 amide bonds. The number of halogens is 1. The van der Waals surface area contributed by atoms with E-state index in [1.165, 1.54) is 20.3 Å². The third kappa shape index (κ3) is 8.30. The largest absolute Gasteiger partial charge is 0.496 e. The van der Waals surface area contributed by atoms with Crippen molar-refractivity contribution in [2.24, 2.45) is 0 Å². The molecule has 1 heterocycles. The van der Waals surface area contributed by atoms with Crippen molar-refractivity contribution in [3.63, 3.8) is 0 Å². The van der Waals surface area contributed by atoms with Crippen LogP contribution in [0.25, 0.3) is 6.08 Å². The minimum atomic E-state index is -0.203. The van der Waals surface area contributed by atoms with E-state index in [9.17, 15) is 9.59 Å². The predicted molar refractivity (Wildman–Crippen MR) is 120 cm³/mol. The smallest absolute Gasteiger partial charge is 0.305 e. The molecule has 0 unspecified atom stereocenters. The molecule has 0 atom stereocenters. The van der Waals surface area contributed by atoms with Crippen molar-refractivity contribution < 1.29 is 28.5 Å². The minimum absolute atomic E-state index is 0. The first-order valence-corrected chi connectivity index (χ1v) is 9.77. The van der Waals surface area contributed by atoms with Crippen LogP contribution in [0.3, 0.4) is 0 Å². The first-order chi connectivity index (χ1) is 14.6. The van der Waals surface area contributed by atoms with E-state index in [-0.39, 0.29) is 24.2 Å². The number of carbonyl (C=O) groups is 2. The van der Waals surface area contributed by atoms with E-state index in [0.29, 0.717) is 61.0 Å². The van der Waals surface area contributed by atoms with Crippen molar-refractivity contribution in [3.8, 4) is 17.2 Å². The Balaban J connectivity index is 0.00000480. The first kappa shape index (κ1) is 26.0. The minimum Gasteiger partial charge on any atom is -0.496 e. The van der Waals surface area contributed by atoms with E-state index in [1.54, 1.807) is 49.5 Å². The van der Waals surface area contributed by atoms with Gasteiger partial charge < -0.3 is 18.9 Å². The summed E-state index contributed by atoms with van der Waals surface area (Å²) in [4.78, 5) is 28.1. The van der Waals surface area contributed by atoms with Gasteiger partial charge >= 0.3 is 5.97 Å². The molecule has 0 saturated heterocycles. The van der Waals surface area contributed by atoms with Crippen molar-refractivity contribution in [3.05, 3.63) is 53.9 Å². The van der Waals surface area contributed by atoms with Gasteiger partial charge in [-0.05, 0) is 44.1 Å². The number of rotatable bonds is 12. The summed E-state index contributed by atoms with van der Waals surface area (Å²) in [5, 5.41) is 0. The number of ketones is 1. The highest BCUT2D eigenvalue weighted by Gasteiger charge is 2.10. The molecule has 0 fully saturated rings. The van der Waals surface area contributed by atoms with Crippen molar-refractivity contribution in [1.29, 1.82) is 0 Å². The lowest BCUT2D eigenvalue weighted by Gasteiger charge is -2.11. The van der Waals surface area contributed by atoms with Crippen LogP contribution in [0.1, 0.15) is 42.2 Å². The third-order valence-electron chi connectivity index (χ3n) is 4.19. The fourth-order valence-electron chi connectivity index (χ4n) is 2.68. The summed E-state index contributed by atoms with van der Waals surface area (Å²) in [6.07, 6.45) is 6.33. The van der Waals surface area contributed by atoms with E-state index in [4.69, 9.17) is 18.9 Å². The molecule has 0 radical (unpaired) electrons. The van der Waals surface area contributed by atoms with Gasteiger partial charge in [0.15, 0.2) is 17.3 Å². The third-order valence-corrected chi connectivity index (χ3v) is 4.19. The van der Waals surface area contributed by atoms with Crippen molar-refractivity contribution in [2.45, 2.75) is 26.2 Å². The lowest BCUT2D eigenvalue weighted by molar-refractivity contribution is -0.143. The molecular weight excluding hydrogens is 422 g/mol. The number of hydrogen-bond donors (Lipinski definition) is 0. The van der Waals surface area contributed by atoms with Gasteiger partial charge in [-0.25, -0.2) is 0 Å². The molecule has 168 valence electrons. The highest BCUT2D eigenvalue weighted by molar-refractivity contribution is 6.08. The number of carbonyl (C=O) groups excluding carboxylic acids is 2. The second-order valence-electron chi connectivity index (χ2n) is 6.27. The van der Waals surface area contributed by atoms with Crippen LogP contribution < -0.4 is 14.2 Å². The maximum atomic E-state index is 12.5. The van der Waals surface area contributed by atoms with Crippen LogP contribution in [-0.4, -0.2) is 44.2 Å². The van der Waals surface area contributed by atoms with Gasteiger partial charge in [0.1, 0.15) is 5.75 Å². The van der Waals surface area contributed by atoms with Crippen LogP contribution in [0.15, 0.2) is 42.6 Å². The number of allylic oxidation sites excluding steroid dienone is 1. The van der Waals surface area contributed by atoms with Gasteiger partial charge in [-0.2, -0.15) is 0 Å². The lowest BCUT2D eigenvalue weighted by atomic mass is 10.1. The Morgan fingerprint density at radius 2 is 1.77 bits per heavy atom. The van der Waals surface area contributed by atoms with Gasteiger partial charge in [-0.3, -0.25) is 14.6 Å². The Hall–Kier alpha value is -3.06. The molecule has 0 N–H and O–H groups in total. The van der Waals surface area contributed by atoms with E-state index in [2.05, 4.69) is 4.98 Å². The molecule has 0 aliphatic carbocycles. The number of hydrogen-bond acceptors (Lipinski definition) is 7. The summed E-state index contributed by atoms with van der Waals surface area (Å²) in [6.45, 7) is 2.59. The number of esters is 1. The fourth-order valence-corrected chi connectivity index (χ4v) is 2.68. The number of benzene rings is 1. The average molecular weight is 450 g/mol. The Morgan fingerprint density at radius 3 is 2.48 bits per heavy atom. The van der Waals surface area contributed by atoms with Crippen molar-refractivity contribution in [1.82, 2.24) is 4.98 Å². The summed E-state index contributed by atoms with van der Waals surface area (Å²) >= 11 is 0. The second kappa shape index (κ2) is 14.0. The summed E-state index contributed by atoms with van der Waals surface area (Å²) in [5.74, 6) is 1.14. The zero-order chi connectivity index (χ0) is 21.8. The van der Waals surface area contributed by atoms with Gasteiger partial charge in [0, 0.05) is 12.5 Å². The van der Waals surface area contributed by atoms with Crippen LogP contribution in [0.5, 0.6) is 17.2 Å². The number of nitrogens with zero attached hydrogens (tertiary/aromatic N) is 1. The first-order valence-electron chi connectivity index (χ1n) is 9.77. The van der Waals surface area contributed by atoms with Crippen LogP contribution in [0.2, 0.25) is 0 Å². The molecule has 7 nitrogen and oxygen atoms in total. The van der Waals surface area contributed by atoms with Gasteiger partial charge in [0.2, 0.25) is 0 Å². The second-order valence-corrected chi connectivity index (χ2v) is 6.27. The zero-order valence-corrected chi connectivity index (χ0v) is 18.8. The van der Waals surface area contributed by atoms with Gasteiger partial charge in [-0.15, -0.1) is 12.4 Å². The Bertz CT molecular complexity index is 884. The number of aromatic nitrogens is 1. The monoisotopic (exact) mass is 449 g/mol. The van der Waals surface area contributed by atoms with E-state index >= 15 is 0 Å². The maximum Gasteiger partial charge on any atom is 0.305 e. The molecular formula is C23H28ClNO6. The summed E-state index contributed by atoms with van der Waals surface area (Å²) < 4.78 is 21.2. The molecule has 2 rings (SSSR count). The molecule has 8 heteroatoms. The quantitative estimate of drug-likeness (QED) is 0.204.